The van der Waals surface area contributed by atoms with Crippen molar-refractivity contribution in [2.75, 3.05) is 25.1 Å². The molecule has 0 spiro atoms. The topological polar surface area (TPSA) is 50.4 Å². The highest BCUT2D eigenvalue weighted by molar-refractivity contribution is 5.91. The zero-order valence-corrected chi connectivity index (χ0v) is 12.1. The Bertz CT molecular complexity index is 483. The summed E-state index contributed by atoms with van der Waals surface area (Å²) in [6, 6.07) is 6.44. The molecule has 0 radical (unpaired) electrons. The van der Waals surface area contributed by atoms with E-state index in [4.69, 9.17) is 4.74 Å². The van der Waals surface area contributed by atoms with Crippen LogP contribution in [0.4, 0.5) is 18.9 Å². The predicted molar refractivity (Wildman–Crippen MR) is 76.7 cm³/mol. The Morgan fingerprint density at radius 3 is 2.64 bits per heavy atom. The van der Waals surface area contributed by atoms with E-state index in [-0.39, 0.29) is 18.4 Å². The Kier molecular flexibility index (Phi) is 5.79. The number of amides is 1. The van der Waals surface area contributed by atoms with E-state index in [1.54, 1.807) is 24.3 Å². The van der Waals surface area contributed by atoms with Gasteiger partial charge in [-0.15, -0.1) is 0 Å². The van der Waals surface area contributed by atoms with Crippen LogP contribution in [-0.4, -0.2) is 37.9 Å². The van der Waals surface area contributed by atoms with Gasteiger partial charge in [0.2, 0.25) is 5.91 Å². The van der Waals surface area contributed by atoms with Gasteiger partial charge in [-0.2, -0.15) is 13.2 Å². The zero-order chi connectivity index (χ0) is 16.0. The summed E-state index contributed by atoms with van der Waals surface area (Å²) in [5.41, 5.74) is 1.18. The van der Waals surface area contributed by atoms with Gasteiger partial charge in [0.15, 0.2) is 0 Å². The van der Waals surface area contributed by atoms with E-state index in [2.05, 4.69) is 10.6 Å². The van der Waals surface area contributed by atoms with Gasteiger partial charge in [-0.1, -0.05) is 12.1 Å². The fourth-order valence-corrected chi connectivity index (χ4v) is 2.23. The van der Waals surface area contributed by atoms with E-state index in [0.29, 0.717) is 30.9 Å². The van der Waals surface area contributed by atoms with E-state index >= 15 is 0 Å². The van der Waals surface area contributed by atoms with Gasteiger partial charge in [-0.3, -0.25) is 4.79 Å². The third kappa shape index (κ3) is 6.03. The smallest absolute Gasteiger partial charge is 0.378 e. The standard InChI is InChI=1S/C15H19F3N2O2/c16-15(17,18)6-5-11-1-3-12(4-2-11)20-14(21)9-13-10-22-8-7-19-13/h1-4,13,19H,5-10H2,(H,20,21). The molecule has 4 nitrogen and oxygen atoms in total. The molecule has 0 bridgehead atoms. The number of alkyl halides is 3. The number of hydrogen-bond acceptors (Lipinski definition) is 3. The summed E-state index contributed by atoms with van der Waals surface area (Å²) in [6.07, 6.45) is -4.75. The molecule has 1 atom stereocenters. The Morgan fingerprint density at radius 2 is 2.05 bits per heavy atom. The highest BCUT2D eigenvalue weighted by Crippen LogP contribution is 2.22. The van der Waals surface area contributed by atoms with Crippen molar-refractivity contribution in [3.05, 3.63) is 29.8 Å². The first kappa shape index (κ1) is 16.8. The highest BCUT2D eigenvalue weighted by atomic mass is 19.4. The molecule has 1 fully saturated rings. The van der Waals surface area contributed by atoms with Gasteiger partial charge < -0.3 is 15.4 Å². The first-order chi connectivity index (χ1) is 10.4. The van der Waals surface area contributed by atoms with Gasteiger partial charge in [0.25, 0.3) is 0 Å². The van der Waals surface area contributed by atoms with E-state index in [0.717, 1.165) is 6.54 Å². The van der Waals surface area contributed by atoms with Crippen LogP contribution < -0.4 is 10.6 Å². The molecule has 1 amide bonds. The summed E-state index contributed by atoms with van der Waals surface area (Å²) >= 11 is 0. The minimum Gasteiger partial charge on any atom is -0.378 e. The van der Waals surface area contributed by atoms with Crippen molar-refractivity contribution in [3.8, 4) is 0 Å². The molecule has 22 heavy (non-hydrogen) atoms. The Balaban J connectivity index is 1.79. The molecule has 122 valence electrons. The second-order valence-electron chi connectivity index (χ2n) is 5.29. The maximum Gasteiger partial charge on any atom is 0.389 e. The molecule has 2 N–H and O–H groups in total. The van der Waals surface area contributed by atoms with Crippen LogP contribution in [0.3, 0.4) is 0 Å². The van der Waals surface area contributed by atoms with Crippen molar-refractivity contribution in [3.63, 3.8) is 0 Å². The minimum atomic E-state index is -4.15. The molecular weight excluding hydrogens is 297 g/mol. The molecule has 1 aromatic carbocycles. The molecule has 1 aliphatic heterocycles. The largest absolute Gasteiger partial charge is 0.389 e. The number of carbonyl (C=O) groups excluding carboxylic acids is 1. The lowest BCUT2D eigenvalue weighted by atomic mass is 10.1. The summed E-state index contributed by atoms with van der Waals surface area (Å²) in [7, 11) is 0. The predicted octanol–water partition coefficient (Wildman–Crippen LogP) is 2.50. The molecule has 7 heteroatoms. The maximum atomic E-state index is 12.1. The monoisotopic (exact) mass is 316 g/mol. The van der Waals surface area contributed by atoms with Gasteiger partial charge in [0.1, 0.15) is 0 Å². The molecule has 1 heterocycles. The number of nitrogens with one attached hydrogen (secondary N) is 2. The molecule has 1 saturated heterocycles. The number of anilines is 1. The van der Waals surface area contributed by atoms with Gasteiger partial charge in [0, 0.05) is 31.1 Å². The van der Waals surface area contributed by atoms with Gasteiger partial charge in [0.05, 0.1) is 13.2 Å². The van der Waals surface area contributed by atoms with Crippen LogP contribution in [0.15, 0.2) is 24.3 Å². The number of morpholine rings is 1. The summed E-state index contributed by atoms with van der Waals surface area (Å²) in [4.78, 5) is 11.9. The molecular formula is C15H19F3N2O2. The quantitative estimate of drug-likeness (QED) is 0.877. The SMILES string of the molecule is O=C(CC1COCCN1)Nc1ccc(CCC(F)(F)F)cc1. The van der Waals surface area contributed by atoms with Crippen molar-refractivity contribution in [1.29, 1.82) is 0 Å². The average Bonchev–Trinajstić information content (AvgIpc) is 2.47. The van der Waals surface area contributed by atoms with E-state index in [1.165, 1.54) is 0 Å². The lowest BCUT2D eigenvalue weighted by Gasteiger charge is -2.23. The van der Waals surface area contributed by atoms with Crippen molar-refractivity contribution < 1.29 is 22.7 Å². The number of ether oxygens (including phenoxy) is 1. The van der Waals surface area contributed by atoms with Crippen LogP contribution in [0.2, 0.25) is 0 Å². The normalized spacial score (nSPS) is 19.0. The second kappa shape index (κ2) is 7.60. The van der Waals surface area contributed by atoms with Crippen LogP contribution >= 0.6 is 0 Å². The van der Waals surface area contributed by atoms with E-state index in [1.807, 2.05) is 0 Å². The van der Waals surface area contributed by atoms with Gasteiger partial charge in [-0.25, -0.2) is 0 Å². The first-order valence-electron chi connectivity index (χ1n) is 7.19. The van der Waals surface area contributed by atoms with Crippen LogP contribution in [0.1, 0.15) is 18.4 Å². The van der Waals surface area contributed by atoms with Crippen molar-refractivity contribution >= 4 is 11.6 Å². The van der Waals surface area contributed by atoms with Crippen molar-refractivity contribution in [1.82, 2.24) is 5.32 Å². The van der Waals surface area contributed by atoms with Crippen LogP contribution in [0.5, 0.6) is 0 Å². The molecule has 0 aromatic heterocycles. The minimum absolute atomic E-state index is 0.000177. The molecule has 1 aromatic rings. The molecule has 1 aliphatic rings. The second-order valence-corrected chi connectivity index (χ2v) is 5.29. The van der Waals surface area contributed by atoms with Gasteiger partial charge >= 0.3 is 6.18 Å². The Hall–Kier alpha value is -1.60. The summed E-state index contributed by atoms with van der Waals surface area (Å²) in [5, 5.41) is 5.92. The third-order valence-corrected chi connectivity index (χ3v) is 3.37. The number of carbonyl (C=O) groups is 1. The molecule has 2 rings (SSSR count). The maximum absolute atomic E-state index is 12.1. The number of halogens is 3. The molecule has 0 saturated carbocycles. The summed E-state index contributed by atoms with van der Waals surface area (Å²) < 4.78 is 41.7. The fourth-order valence-electron chi connectivity index (χ4n) is 2.23. The lowest BCUT2D eigenvalue weighted by Crippen LogP contribution is -2.43. The Morgan fingerprint density at radius 1 is 1.32 bits per heavy atom. The number of aryl methyl sites for hydroxylation is 1. The zero-order valence-electron chi connectivity index (χ0n) is 12.1. The third-order valence-electron chi connectivity index (χ3n) is 3.37. The van der Waals surface area contributed by atoms with Gasteiger partial charge in [-0.05, 0) is 24.1 Å². The van der Waals surface area contributed by atoms with E-state index in [9.17, 15) is 18.0 Å². The molecule has 1 unspecified atom stereocenters. The van der Waals surface area contributed by atoms with Crippen molar-refractivity contribution in [2.45, 2.75) is 31.5 Å². The number of hydrogen-bond donors (Lipinski definition) is 2. The average molecular weight is 316 g/mol. The molecule has 0 aliphatic carbocycles. The first-order valence-corrected chi connectivity index (χ1v) is 7.19. The van der Waals surface area contributed by atoms with Crippen LogP contribution in [-0.2, 0) is 16.0 Å². The summed E-state index contributed by atoms with van der Waals surface area (Å²) in [6.45, 7) is 1.88. The highest BCUT2D eigenvalue weighted by Gasteiger charge is 2.26. The summed E-state index contributed by atoms with van der Waals surface area (Å²) in [5.74, 6) is -0.147. The van der Waals surface area contributed by atoms with E-state index < -0.39 is 12.6 Å². The lowest BCUT2D eigenvalue weighted by molar-refractivity contribution is -0.134. The fraction of sp³-hybridized carbons (Fsp3) is 0.533. The number of rotatable bonds is 5. The van der Waals surface area contributed by atoms with Crippen LogP contribution in [0.25, 0.3) is 0 Å². The van der Waals surface area contributed by atoms with Crippen molar-refractivity contribution in [2.24, 2.45) is 0 Å². The Labute approximate surface area is 127 Å². The number of benzene rings is 1. The van der Waals surface area contributed by atoms with Crippen LogP contribution in [0, 0.1) is 0 Å².